The molecule has 2 aromatic carbocycles. The summed E-state index contributed by atoms with van der Waals surface area (Å²) in [5.74, 6) is 0.877. The Bertz CT molecular complexity index is 583. The zero-order valence-corrected chi connectivity index (χ0v) is 11.9. The minimum atomic E-state index is -0.245. The zero-order chi connectivity index (χ0) is 14.5. The Balaban J connectivity index is 2.46. The van der Waals surface area contributed by atoms with E-state index in [1.54, 1.807) is 13.2 Å². The Kier molecular flexibility index (Phi) is 4.74. The second-order valence-corrected chi connectivity index (χ2v) is 4.95. The van der Waals surface area contributed by atoms with E-state index in [1.165, 1.54) is 17.7 Å². The molecule has 0 aliphatic carbocycles. The average Bonchev–Trinajstić information content (AvgIpc) is 2.47. The predicted molar refractivity (Wildman–Crippen MR) is 80.5 cm³/mol. The quantitative estimate of drug-likeness (QED) is 0.895. The van der Waals surface area contributed by atoms with Gasteiger partial charge in [-0.05, 0) is 54.3 Å². The largest absolute Gasteiger partial charge is 0.496 e. The van der Waals surface area contributed by atoms with Gasteiger partial charge in [-0.25, -0.2) is 4.39 Å². The number of methoxy groups -OCH3 is 1. The molecule has 0 fully saturated rings. The van der Waals surface area contributed by atoms with Crippen molar-refractivity contribution >= 4 is 0 Å². The highest BCUT2D eigenvalue weighted by Crippen LogP contribution is 2.33. The van der Waals surface area contributed by atoms with E-state index in [-0.39, 0.29) is 5.82 Å². The number of benzene rings is 2. The fourth-order valence-corrected chi connectivity index (χ4v) is 2.33. The van der Waals surface area contributed by atoms with E-state index in [4.69, 9.17) is 10.5 Å². The first-order valence-electron chi connectivity index (χ1n) is 6.79. The van der Waals surface area contributed by atoms with Gasteiger partial charge in [0, 0.05) is 5.56 Å². The maximum Gasteiger partial charge on any atom is 0.126 e. The minimum Gasteiger partial charge on any atom is -0.496 e. The fourth-order valence-electron chi connectivity index (χ4n) is 2.33. The first-order chi connectivity index (χ1) is 9.65. The molecule has 0 saturated carbocycles. The Morgan fingerprint density at radius 2 is 2.00 bits per heavy atom. The van der Waals surface area contributed by atoms with Crippen LogP contribution in [0.3, 0.4) is 0 Å². The first kappa shape index (κ1) is 14.5. The second-order valence-electron chi connectivity index (χ2n) is 4.95. The van der Waals surface area contributed by atoms with Gasteiger partial charge in [-0.1, -0.05) is 25.1 Å². The standard InChI is InChI=1S/C17H20FNO/c1-12(8-9-19)13-6-7-17(20-2)16(11-13)14-4-3-5-15(18)10-14/h3-7,10-12H,8-9,19H2,1-2H3. The smallest absolute Gasteiger partial charge is 0.126 e. The highest BCUT2D eigenvalue weighted by Gasteiger charge is 2.11. The number of hydrogen-bond acceptors (Lipinski definition) is 2. The molecule has 1 unspecified atom stereocenters. The molecule has 20 heavy (non-hydrogen) atoms. The van der Waals surface area contributed by atoms with Crippen molar-refractivity contribution < 1.29 is 9.13 Å². The lowest BCUT2D eigenvalue weighted by atomic mass is 9.93. The van der Waals surface area contributed by atoms with Gasteiger partial charge in [-0.15, -0.1) is 0 Å². The summed E-state index contributed by atoms with van der Waals surface area (Å²) in [5, 5.41) is 0. The van der Waals surface area contributed by atoms with Crippen molar-refractivity contribution in [3.8, 4) is 16.9 Å². The van der Waals surface area contributed by atoms with Crippen LogP contribution in [0.4, 0.5) is 4.39 Å². The Morgan fingerprint density at radius 3 is 2.65 bits per heavy atom. The van der Waals surface area contributed by atoms with Crippen LogP contribution in [0.15, 0.2) is 42.5 Å². The summed E-state index contributed by atoms with van der Waals surface area (Å²) in [6.45, 7) is 2.80. The van der Waals surface area contributed by atoms with E-state index < -0.39 is 0 Å². The second kappa shape index (κ2) is 6.53. The molecule has 0 amide bonds. The lowest BCUT2D eigenvalue weighted by molar-refractivity contribution is 0.416. The molecule has 106 valence electrons. The van der Waals surface area contributed by atoms with Gasteiger partial charge in [0.25, 0.3) is 0 Å². The maximum atomic E-state index is 13.4. The van der Waals surface area contributed by atoms with Gasteiger partial charge < -0.3 is 10.5 Å². The average molecular weight is 273 g/mol. The maximum absolute atomic E-state index is 13.4. The molecule has 0 aliphatic heterocycles. The number of rotatable bonds is 5. The number of nitrogens with two attached hydrogens (primary N) is 1. The monoisotopic (exact) mass is 273 g/mol. The number of hydrogen-bond donors (Lipinski definition) is 1. The summed E-state index contributed by atoms with van der Waals surface area (Å²) in [6, 6.07) is 12.6. The van der Waals surface area contributed by atoms with Crippen LogP contribution in [0.25, 0.3) is 11.1 Å². The molecule has 2 nitrogen and oxygen atoms in total. The van der Waals surface area contributed by atoms with Crippen molar-refractivity contribution in [2.24, 2.45) is 5.73 Å². The van der Waals surface area contributed by atoms with E-state index in [1.807, 2.05) is 18.2 Å². The van der Waals surface area contributed by atoms with Gasteiger partial charge in [0.05, 0.1) is 7.11 Å². The van der Waals surface area contributed by atoms with Crippen LogP contribution >= 0.6 is 0 Å². The third kappa shape index (κ3) is 3.17. The van der Waals surface area contributed by atoms with Crippen LogP contribution in [0.1, 0.15) is 24.8 Å². The molecule has 0 saturated heterocycles. The topological polar surface area (TPSA) is 35.2 Å². The van der Waals surface area contributed by atoms with Gasteiger partial charge in [-0.3, -0.25) is 0 Å². The summed E-state index contributed by atoms with van der Waals surface area (Å²) in [5.41, 5.74) is 8.54. The molecule has 1 atom stereocenters. The molecule has 0 spiro atoms. The van der Waals surface area contributed by atoms with Crippen LogP contribution in [0.2, 0.25) is 0 Å². The highest BCUT2D eigenvalue weighted by molar-refractivity contribution is 5.71. The number of ether oxygens (including phenoxy) is 1. The van der Waals surface area contributed by atoms with E-state index >= 15 is 0 Å². The summed E-state index contributed by atoms with van der Waals surface area (Å²) in [7, 11) is 1.63. The summed E-state index contributed by atoms with van der Waals surface area (Å²) >= 11 is 0. The molecule has 0 bridgehead atoms. The van der Waals surface area contributed by atoms with Crippen LogP contribution in [0, 0.1) is 5.82 Å². The van der Waals surface area contributed by atoms with Gasteiger partial charge >= 0.3 is 0 Å². The number of halogens is 1. The van der Waals surface area contributed by atoms with Crippen molar-refractivity contribution in [2.45, 2.75) is 19.3 Å². The van der Waals surface area contributed by atoms with Crippen molar-refractivity contribution in [1.82, 2.24) is 0 Å². The molecule has 0 radical (unpaired) electrons. The van der Waals surface area contributed by atoms with Crippen molar-refractivity contribution in [3.05, 3.63) is 53.8 Å². The summed E-state index contributed by atoms with van der Waals surface area (Å²) in [6.07, 6.45) is 0.926. The Morgan fingerprint density at radius 1 is 1.20 bits per heavy atom. The highest BCUT2D eigenvalue weighted by atomic mass is 19.1. The van der Waals surface area contributed by atoms with E-state index in [0.717, 1.165) is 23.3 Å². The van der Waals surface area contributed by atoms with E-state index in [2.05, 4.69) is 13.0 Å². The van der Waals surface area contributed by atoms with Crippen LogP contribution in [-0.2, 0) is 0 Å². The third-order valence-corrected chi connectivity index (χ3v) is 3.53. The Labute approximate surface area is 119 Å². The molecule has 2 aromatic rings. The van der Waals surface area contributed by atoms with E-state index in [0.29, 0.717) is 12.5 Å². The Hall–Kier alpha value is -1.87. The van der Waals surface area contributed by atoms with Crippen molar-refractivity contribution in [2.75, 3.05) is 13.7 Å². The van der Waals surface area contributed by atoms with Crippen LogP contribution in [0.5, 0.6) is 5.75 Å². The molecule has 0 heterocycles. The molecule has 0 aliphatic rings. The molecule has 2 rings (SSSR count). The van der Waals surface area contributed by atoms with Gasteiger partial charge in [-0.2, -0.15) is 0 Å². The minimum absolute atomic E-state index is 0.245. The van der Waals surface area contributed by atoms with E-state index in [9.17, 15) is 4.39 Å². The van der Waals surface area contributed by atoms with Gasteiger partial charge in [0.1, 0.15) is 11.6 Å². The van der Waals surface area contributed by atoms with Crippen LogP contribution in [-0.4, -0.2) is 13.7 Å². The summed E-state index contributed by atoms with van der Waals surface area (Å²) in [4.78, 5) is 0. The van der Waals surface area contributed by atoms with Gasteiger partial charge in [0.2, 0.25) is 0 Å². The fraction of sp³-hybridized carbons (Fsp3) is 0.294. The molecule has 0 aromatic heterocycles. The predicted octanol–water partition coefficient (Wildman–Crippen LogP) is 3.95. The zero-order valence-electron chi connectivity index (χ0n) is 11.9. The lowest BCUT2D eigenvalue weighted by Gasteiger charge is -2.15. The molecular formula is C17H20FNO. The summed E-state index contributed by atoms with van der Waals surface area (Å²) < 4.78 is 18.8. The first-order valence-corrected chi connectivity index (χ1v) is 6.79. The molecule has 2 N–H and O–H groups in total. The third-order valence-electron chi connectivity index (χ3n) is 3.53. The molecule has 3 heteroatoms. The van der Waals surface area contributed by atoms with Crippen molar-refractivity contribution in [1.29, 1.82) is 0 Å². The molecular weight excluding hydrogens is 253 g/mol. The lowest BCUT2D eigenvalue weighted by Crippen LogP contribution is -2.04. The normalized spacial score (nSPS) is 12.2. The van der Waals surface area contributed by atoms with Crippen LogP contribution < -0.4 is 10.5 Å². The SMILES string of the molecule is COc1ccc(C(C)CCN)cc1-c1cccc(F)c1. The van der Waals surface area contributed by atoms with Gasteiger partial charge in [0.15, 0.2) is 0 Å². The van der Waals surface area contributed by atoms with Crippen molar-refractivity contribution in [3.63, 3.8) is 0 Å².